The van der Waals surface area contributed by atoms with Crippen LogP contribution in [-0.2, 0) is 0 Å². The predicted octanol–water partition coefficient (Wildman–Crippen LogP) is 3.45. The lowest BCUT2D eigenvalue weighted by atomic mass is 10.0. The number of anilines is 1. The topological polar surface area (TPSA) is 28.2 Å². The average molecular weight is 357 g/mol. The van der Waals surface area contributed by atoms with Crippen molar-refractivity contribution in [1.29, 1.82) is 0 Å². The molecule has 20 heavy (non-hydrogen) atoms. The van der Waals surface area contributed by atoms with E-state index in [4.69, 9.17) is 0 Å². The largest absolute Gasteiger partial charge is 0.367 e. The highest BCUT2D eigenvalue weighted by molar-refractivity contribution is 9.10. The van der Waals surface area contributed by atoms with Gasteiger partial charge in [-0.2, -0.15) is 0 Å². The molecule has 0 bridgehead atoms. The number of nitrogens with zero attached hydrogens (tertiary/aromatic N) is 2. The van der Waals surface area contributed by atoms with Crippen LogP contribution in [0.3, 0.4) is 0 Å². The van der Waals surface area contributed by atoms with E-state index >= 15 is 0 Å². The maximum Gasteiger partial charge on any atom is 0.0755 e. The van der Waals surface area contributed by atoms with Crippen LogP contribution in [-0.4, -0.2) is 31.2 Å². The molecule has 2 heterocycles. The molecule has 0 spiro atoms. The number of hydrogen-bond donors (Lipinski definition) is 1. The van der Waals surface area contributed by atoms with E-state index in [0.717, 1.165) is 36.2 Å². The van der Waals surface area contributed by atoms with Gasteiger partial charge in [0.1, 0.15) is 0 Å². The van der Waals surface area contributed by atoms with Crippen molar-refractivity contribution in [1.82, 2.24) is 10.3 Å². The Morgan fingerprint density at radius 2 is 1.90 bits per heavy atom. The minimum absolute atomic E-state index is 0. The van der Waals surface area contributed by atoms with Gasteiger partial charge in [-0.15, -0.1) is 12.4 Å². The Balaban J connectivity index is 0.00000147. The number of rotatable bonds is 1. The van der Waals surface area contributed by atoms with E-state index in [1.54, 1.807) is 0 Å². The maximum absolute atomic E-state index is 4.61. The molecule has 0 aliphatic carbocycles. The standard InChI is InChI=1S/C15H18BrN3.ClH/c1-10-3-4-12-14(11(10)2)18-9-13(16)15(12)19-7-5-17-6-8-19;/h3-4,9,17H,5-8H2,1-2H3;1H. The van der Waals surface area contributed by atoms with Gasteiger partial charge in [-0.05, 0) is 40.9 Å². The molecule has 0 saturated carbocycles. The number of aryl methyl sites for hydroxylation is 2. The van der Waals surface area contributed by atoms with Crippen LogP contribution in [0, 0.1) is 13.8 Å². The maximum atomic E-state index is 4.61. The van der Waals surface area contributed by atoms with Gasteiger partial charge in [-0.3, -0.25) is 4.98 Å². The summed E-state index contributed by atoms with van der Waals surface area (Å²) in [5, 5.41) is 4.65. The Bertz CT molecular complexity index is 624. The molecule has 1 aromatic heterocycles. The van der Waals surface area contributed by atoms with E-state index in [1.165, 1.54) is 22.2 Å². The zero-order valence-corrected chi connectivity index (χ0v) is 14.1. The molecule has 1 fully saturated rings. The number of piperazine rings is 1. The normalized spacial score (nSPS) is 15.2. The average Bonchev–Trinajstić information content (AvgIpc) is 2.44. The molecule has 5 heteroatoms. The highest BCUT2D eigenvalue weighted by Crippen LogP contribution is 2.35. The first-order chi connectivity index (χ1) is 9.18. The van der Waals surface area contributed by atoms with Crippen LogP contribution >= 0.6 is 28.3 Å². The molecule has 108 valence electrons. The summed E-state index contributed by atoms with van der Waals surface area (Å²) in [6, 6.07) is 4.39. The molecule has 3 nitrogen and oxygen atoms in total. The van der Waals surface area contributed by atoms with Gasteiger partial charge in [0.15, 0.2) is 0 Å². The van der Waals surface area contributed by atoms with Crippen molar-refractivity contribution in [3.63, 3.8) is 0 Å². The van der Waals surface area contributed by atoms with Crippen LogP contribution in [0.15, 0.2) is 22.8 Å². The first kappa shape index (κ1) is 15.5. The molecule has 1 aliphatic heterocycles. The molecular formula is C15H19BrClN3. The van der Waals surface area contributed by atoms with Gasteiger partial charge in [-0.25, -0.2) is 0 Å². The van der Waals surface area contributed by atoms with E-state index in [1.807, 2.05) is 6.20 Å². The summed E-state index contributed by atoms with van der Waals surface area (Å²) in [5.41, 5.74) is 4.99. The van der Waals surface area contributed by atoms with Gasteiger partial charge in [-0.1, -0.05) is 12.1 Å². The second-order valence-corrected chi connectivity index (χ2v) is 5.95. The lowest BCUT2D eigenvalue weighted by Gasteiger charge is -2.31. The second kappa shape index (κ2) is 6.29. The number of aromatic nitrogens is 1. The van der Waals surface area contributed by atoms with E-state index in [-0.39, 0.29) is 12.4 Å². The van der Waals surface area contributed by atoms with Crippen LogP contribution in [0.2, 0.25) is 0 Å². The van der Waals surface area contributed by atoms with Crippen molar-refractivity contribution in [2.75, 3.05) is 31.1 Å². The lowest BCUT2D eigenvalue weighted by Crippen LogP contribution is -2.43. The summed E-state index contributed by atoms with van der Waals surface area (Å²) < 4.78 is 1.09. The van der Waals surface area contributed by atoms with E-state index in [9.17, 15) is 0 Å². The molecule has 0 unspecified atom stereocenters. The number of hydrogen-bond acceptors (Lipinski definition) is 3. The quantitative estimate of drug-likeness (QED) is 0.848. The van der Waals surface area contributed by atoms with Gasteiger partial charge in [0, 0.05) is 37.8 Å². The number of halogens is 2. The zero-order valence-electron chi connectivity index (χ0n) is 11.7. The summed E-state index contributed by atoms with van der Waals surface area (Å²) in [5.74, 6) is 0. The Morgan fingerprint density at radius 3 is 2.60 bits per heavy atom. The highest BCUT2D eigenvalue weighted by Gasteiger charge is 2.17. The number of fused-ring (bicyclic) bond motifs is 1. The van der Waals surface area contributed by atoms with Crippen molar-refractivity contribution in [3.05, 3.63) is 33.9 Å². The van der Waals surface area contributed by atoms with Crippen LogP contribution in [0.1, 0.15) is 11.1 Å². The fraction of sp³-hybridized carbons (Fsp3) is 0.400. The van der Waals surface area contributed by atoms with Gasteiger partial charge in [0.25, 0.3) is 0 Å². The highest BCUT2D eigenvalue weighted by atomic mass is 79.9. The van der Waals surface area contributed by atoms with Crippen molar-refractivity contribution < 1.29 is 0 Å². The van der Waals surface area contributed by atoms with Gasteiger partial charge in [0.2, 0.25) is 0 Å². The van der Waals surface area contributed by atoms with Crippen LogP contribution in [0.4, 0.5) is 5.69 Å². The molecule has 1 N–H and O–H groups in total. The first-order valence-electron chi connectivity index (χ1n) is 6.68. The smallest absolute Gasteiger partial charge is 0.0755 e. The molecule has 1 aliphatic rings. The third-order valence-electron chi connectivity index (χ3n) is 3.92. The lowest BCUT2D eigenvalue weighted by molar-refractivity contribution is 0.589. The summed E-state index contributed by atoms with van der Waals surface area (Å²) in [4.78, 5) is 7.05. The number of nitrogens with one attached hydrogen (secondary N) is 1. The minimum Gasteiger partial charge on any atom is -0.367 e. The van der Waals surface area contributed by atoms with Crippen molar-refractivity contribution >= 4 is 44.9 Å². The first-order valence-corrected chi connectivity index (χ1v) is 7.48. The van der Waals surface area contributed by atoms with Crippen LogP contribution in [0.5, 0.6) is 0 Å². The van der Waals surface area contributed by atoms with Crippen molar-refractivity contribution in [2.45, 2.75) is 13.8 Å². The van der Waals surface area contributed by atoms with Crippen molar-refractivity contribution in [2.24, 2.45) is 0 Å². The molecule has 1 aromatic carbocycles. The molecule has 0 atom stereocenters. The third kappa shape index (κ3) is 2.65. The fourth-order valence-electron chi connectivity index (χ4n) is 2.68. The van der Waals surface area contributed by atoms with E-state index in [2.05, 4.69) is 57.1 Å². The van der Waals surface area contributed by atoms with E-state index < -0.39 is 0 Å². The Labute approximate surface area is 134 Å². The molecule has 3 rings (SSSR count). The summed E-state index contributed by atoms with van der Waals surface area (Å²) in [7, 11) is 0. The Morgan fingerprint density at radius 1 is 1.20 bits per heavy atom. The monoisotopic (exact) mass is 355 g/mol. The number of benzene rings is 1. The number of pyridine rings is 1. The SMILES string of the molecule is Cc1ccc2c(N3CCNCC3)c(Br)cnc2c1C.Cl. The molecule has 0 amide bonds. The van der Waals surface area contributed by atoms with Gasteiger partial charge < -0.3 is 10.2 Å². The van der Waals surface area contributed by atoms with E-state index in [0.29, 0.717) is 0 Å². The third-order valence-corrected chi connectivity index (χ3v) is 4.50. The summed E-state index contributed by atoms with van der Waals surface area (Å²) in [6.45, 7) is 8.47. The molecular weight excluding hydrogens is 338 g/mol. The van der Waals surface area contributed by atoms with Crippen LogP contribution in [0.25, 0.3) is 10.9 Å². The Hall–Kier alpha value is -0.840. The predicted molar refractivity (Wildman–Crippen MR) is 91.2 cm³/mol. The van der Waals surface area contributed by atoms with Gasteiger partial charge >= 0.3 is 0 Å². The molecule has 1 saturated heterocycles. The molecule has 2 aromatic rings. The fourth-order valence-corrected chi connectivity index (χ4v) is 3.25. The van der Waals surface area contributed by atoms with Gasteiger partial charge in [0.05, 0.1) is 15.7 Å². The second-order valence-electron chi connectivity index (χ2n) is 5.10. The molecule has 0 radical (unpaired) electrons. The minimum atomic E-state index is 0. The summed E-state index contributed by atoms with van der Waals surface area (Å²) in [6.07, 6.45) is 1.94. The Kier molecular flexibility index (Phi) is 4.89. The summed E-state index contributed by atoms with van der Waals surface area (Å²) >= 11 is 3.67. The zero-order chi connectivity index (χ0) is 13.4. The van der Waals surface area contributed by atoms with Crippen LogP contribution < -0.4 is 10.2 Å². The van der Waals surface area contributed by atoms with Crippen molar-refractivity contribution in [3.8, 4) is 0 Å².